The molecular weight excluding hydrogens is 334 g/mol. The lowest BCUT2D eigenvalue weighted by molar-refractivity contribution is -0.122. The van der Waals surface area contributed by atoms with Gasteiger partial charge in [-0.25, -0.2) is 9.78 Å². The van der Waals surface area contributed by atoms with E-state index in [2.05, 4.69) is 10.3 Å². The Morgan fingerprint density at radius 2 is 2.00 bits per heavy atom. The topological polar surface area (TPSA) is 84.7 Å². The normalized spacial score (nSPS) is 14.9. The van der Waals surface area contributed by atoms with Gasteiger partial charge in [0.25, 0.3) is 0 Å². The summed E-state index contributed by atoms with van der Waals surface area (Å²) in [6.45, 7) is 1.19. The number of carbonyl (C=O) groups is 2. The standard InChI is InChI=1S/C19H23N3O4/c1-25-19(24)22-11-9-15(10-12-22)21-17(23)7-8-18-20-13-16(26-18)14-5-3-2-4-6-14/h2-6,13,15H,7-12H2,1H3,(H,21,23). The molecule has 1 N–H and O–H groups in total. The minimum Gasteiger partial charge on any atom is -0.453 e. The molecule has 2 heterocycles. The molecule has 1 fully saturated rings. The number of hydrogen-bond acceptors (Lipinski definition) is 5. The van der Waals surface area contributed by atoms with Crippen molar-refractivity contribution in [3.05, 3.63) is 42.4 Å². The third-order valence-corrected chi connectivity index (χ3v) is 4.47. The molecule has 1 saturated heterocycles. The number of benzene rings is 1. The molecule has 1 aromatic carbocycles. The summed E-state index contributed by atoms with van der Waals surface area (Å²) in [4.78, 5) is 29.5. The number of amides is 2. The van der Waals surface area contributed by atoms with Gasteiger partial charge in [-0.3, -0.25) is 4.79 Å². The van der Waals surface area contributed by atoms with Crippen molar-refractivity contribution in [2.45, 2.75) is 31.7 Å². The van der Waals surface area contributed by atoms with Crippen LogP contribution in [0.1, 0.15) is 25.2 Å². The number of hydrogen-bond donors (Lipinski definition) is 1. The minimum absolute atomic E-state index is 0.0269. The number of ether oxygens (including phenoxy) is 1. The van der Waals surface area contributed by atoms with Gasteiger partial charge in [0.15, 0.2) is 11.7 Å². The van der Waals surface area contributed by atoms with Gasteiger partial charge in [0.1, 0.15) is 0 Å². The van der Waals surface area contributed by atoms with E-state index in [0.29, 0.717) is 37.6 Å². The van der Waals surface area contributed by atoms with Crippen LogP contribution >= 0.6 is 0 Å². The van der Waals surface area contributed by atoms with Gasteiger partial charge in [-0.1, -0.05) is 30.3 Å². The molecule has 0 unspecified atom stereocenters. The average molecular weight is 357 g/mol. The lowest BCUT2D eigenvalue weighted by Gasteiger charge is -2.31. The van der Waals surface area contributed by atoms with Crippen molar-refractivity contribution in [3.63, 3.8) is 0 Å². The Bertz CT molecular complexity index is 736. The maximum absolute atomic E-state index is 12.1. The third-order valence-electron chi connectivity index (χ3n) is 4.47. The molecule has 7 nitrogen and oxygen atoms in total. The first-order chi connectivity index (χ1) is 12.7. The van der Waals surface area contributed by atoms with Crippen molar-refractivity contribution in [2.24, 2.45) is 0 Å². The summed E-state index contributed by atoms with van der Waals surface area (Å²) in [5.41, 5.74) is 0.966. The summed E-state index contributed by atoms with van der Waals surface area (Å²) >= 11 is 0. The number of carbonyl (C=O) groups excluding carboxylic acids is 2. The van der Waals surface area contributed by atoms with E-state index >= 15 is 0 Å². The maximum atomic E-state index is 12.1. The van der Waals surface area contributed by atoms with Crippen LogP contribution in [0.3, 0.4) is 0 Å². The van der Waals surface area contributed by atoms with Crippen molar-refractivity contribution >= 4 is 12.0 Å². The third kappa shape index (κ3) is 4.62. The van der Waals surface area contributed by atoms with Gasteiger partial charge in [-0.05, 0) is 12.8 Å². The fourth-order valence-electron chi connectivity index (χ4n) is 3.02. The van der Waals surface area contributed by atoms with Gasteiger partial charge in [-0.15, -0.1) is 0 Å². The molecule has 138 valence electrons. The number of nitrogens with zero attached hydrogens (tertiary/aromatic N) is 2. The summed E-state index contributed by atoms with van der Waals surface area (Å²) in [5.74, 6) is 1.23. The second-order valence-electron chi connectivity index (χ2n) is 6.28. The highest BCUT2D eigenvalue weighted by molar-refractivity contribution is 5.76. The zero-order valence-electron chi connectivity index (χ0n) is 14.8. The van der Waals surface area contributed by atoms with E-state index in [1.807, 2.05) is 30.3 Å². The summed E-state index contributed by atoms with van der Waals surface area (Å²) in [6.07, 6.45) is 3.63. The van der Waals surface area contributed by atoms with Crippen LogP contribution in [-0.4, -0.2) is 48.1 Å². The molecular formula is C19H23N3O4. The Labute approximate surface area is 152 Å². The summed E-state index contributed by atoms with van der Waals surface area (Å²) in [5, 5.41) is 3.02. The molecule has 0 atom stereocenters. The van der Waals surface area contributed by atoms with Gasteiger partial charge in [0.2, 0.25) is 5.91 Å². The van der Waals surface area contributed by atoms with E-state index in [-0.39, 0.29) is 18.0 Å². The van der Waals surface area contributed by atoms with Crippen LogP contribution in [-0.2, 0) is 16.0 Å². The predicted octanol–water partition coefficient (Wildman–Crippen LogP) is 2.62. The number of aromatic nitrogens is 1. The van der Waals surface area contributed by atoms with Crippen LogP contribution in [0.4, 0.5) is 4.79 Å². The van der Waals surface area contributed by atoms with Crippen molar-refractivity contribution < 1.29 is 18.7 Å². The number of oxazole rings is 1. The Morgan fingerprint density at radius 1 is 1.27 bits per heavy atom. The van der Waals surface area contributed by atoms with E-state index < -0.39 is 0 Å². The van der Waals surface area contributed by atoms with Crippen LogP contribution in [0.15, 0.2) is 40.9 Å². The van der Waals surface area contributed by atoms with E-state index in [1.54, 1.807) is 11.1 Å². The molecule has 1 aromatic heterocycles. The molecule has 26 heavy (non-hydrogen) atoms. The van der Waals surface area contributed by atoms with E-state index in [0.717, 1.165) is 18.4 Å². The van der Waals surface area contributed by atoms with Crippen molar-refractivity contribution in [2.75, 3.05) is 20.2 Å². The molecule has 2 amide bonds. The zero-order chi connectivity index (χ0) is 18.4. The molecule has 0 bridgehead atoms. The quantitative estimate of drug-likeness (QED) is 0.889. The smallest absolute Gasteiger partial charge is 0.409 e. The number of nitrogens with one attached hydrogen (secondary N) is 1. The first kappa shape index (κ1) is 18.0. The first-order valence-electron chi connectivity index (χ1n) is 8.78. The predicted molar refractivity (Wildman–Crippen MR) is 95.4 cm³/mol. The Morgan fingerprint density at radius 3 is 2.69 bits per heavy atom. The fraction of sp³-hybridized carbons (Fsp3) is 0.421. The first-order valence-corrected chi connectivity index (χ1v) is 8.78. The number of methoxy groups -OCH3 is 1. The highest BCUT2D eigenvalue weighted by Crippen LogP contribution is 2.20. The van der Waals surface area contributed by atoms with Gasteiger partial charge < -0.3 is 19.4 Å². The highest BCUT2D eigenvalue weighted by Gasteiger charge is 2.24. The summed E-state index contributed by atoms with van der Waals surface area (Å²) in [6, 6.07) is 9.83. The Hall–Kier alpha value is -2.83. The van der Waals surface area contributed by atoms with Crippen LogP contribution in [0.5, 0.6) is 0 Å². The second-order valence-corrected chi connectivity index (χ2v) is 6.28. The lowest BCUT2D eigenvalue weighted by Crippen LogP contribution is -2.46. The SMILES string of the molecule is COC(=O)N1CCC(NC(=O)CCc2ncc(-c3ccccc3)o2)CC1. The Kier molecular flexibility index (Phi) is 5.88. The molecule has 0 saturated carbocycles. The van der Waals surface area contributed by atoms with Crippen LogP contribution in [0.2, 0.25) is 0 Å². The number of rotatable bonds is 5. The van der Waals surface area contributed by atoms with Crippen LogP contribution in [0, 0.1) is 0 Å². The van der Waals surface area contributed by atoms with E-state index in [4.69, 9.17) is 9.15 Å². The van der Waals surface area contributed by atoms with Gasteiger partial charge >= 0.3 is 6.09 Å². The number of piperidine rings is 1. The minimum atomic E-state index is -0.312. The van der Waals surface area contributed by atoms with Gasteiger partial charge in [-0.2, -0.15) is 0 Å². The van der Waals surface area contributed by atoms with E-state index in [9.17, 15) is 9.59 Å². The lowest BCUT2D eigenvalue weighted by atomic mass is 10.1. The molecule has 0 spiro atoms. The van der Waals surface area contributed by atoms with E-state index in [1.165, 1.54) is 7.11 Å². The molecule has 2 aromatic rings. The summed E-state index contributed by atoms with van der Waals surface area (Å²) < 4.78 is 10.4. The molecule has 1 aliphatic rings. The molecule has 0 aliphatic carbocycles. The van der Waals surface area contributed by atoms with Crippen LogP contribution < -0.4 is 5.32 Å². The van der Waals surface area contributed by atoms with Gasteiger partial charge in [0.05, 0.1) is 13.3 Å². The van der Waals surface area contributed by atoms with Gasteiger partial charge in [0, 0.05) is 37.5 Å². The van der Waals surface area contributed by atoms with Crippen LogP contribution in [0.25, 0.3) is 11.3 Å². The molecule has 0 radical (unpaired) electrons. The zero-order valence-corrected chi connectivity index (χ0v) is 14.8. The average Bonchev–Trinajstić information content (AvgIpc) is 3.16. The second kappa shape index (κ2) is 8.51. The summed E-state index contributed by atoms with van der Waals surface area (Å²) in [7, 11) is 1.38. The number of aryl methyl sites for hydroxylation is 1. The highest BCUT2D eigenvalue weighted by atomic mass is 16.5. The fourth-order valence-corrected chi connectivity index (χ4v) is 3.02. The molecule has 3 rings (SSSR count). The van der Waals surface area contributed by atoms with Crippen molar-refractivity contribution in [1.82, 2.24) is 15.2 Å². The largest absolute Gasteiger partial charge is 0.453 e. The number of likely N-dealkylation sites (tertiary alicyclic amines) is 1. The Balaban J connectivity index is 1.42. The maximum Gasteiger partial charge on any atom is 0.409 e. The molecule has 7 heteroatoms. The van der Waals surface area contributed by atoms with Crippen molar-refractivity contribution in [3.8, 4) is 11.3 Å². The van der Waals surface area contributed by atoms with Crippen molar-refractivity contribution in [1.29, 1.82) is 0 Å². The monoisotopic (exact) mass is 357 g/mol. The molecule has 1 aliphatic heterocycles.